The SMILES string of the molecule is O=C1NCN(c2ccccc2)C12CCN([C@H]1CCCC[C@H]1c1cccc(Cl)c1)CC2. The van der Waals surface area contributed by atoms with Crippen molar-refractivity contribution in [1.82, 2.24) is 10.2 Å². The highest BCUT2D eigenvalue weighted by atomic mass is 35.5. The topological polar surface area (TPSA) is 35.6 Å². The predicted octanol–water partition coefficient (Wildman–Crippen LogP) is 4.79. The summed E-state index contributed by atoms with van der Waals surface area (Å²) >= 11 is 6.31. The van der Waals surface area contributed by atoms with E-state index in [-0.39, 0.29) is 5.91 Å². The van der Waals surface area contributed by atoms with Crippen molar-refractivity contribution in [1.29, 1.82) is 0 Å². The van der Waals surface area contributed by atoms with Crippen molar-refractivity contribution in [2.75, 3.05) is 24.7 Å². The number of halogens is 1. The molecule has 2 aliphatic heterocycles. The van der Waals surface area contributed by atoms with Gasteiger partial charge >= 0.3 is 0 Å². The van der Waals surface area contributed by atoms with Crippen LogP contribution in [0.5, 0.6) is 0 Å². The summed E-state index contributed by atoms with van der Waals surface area (Å²) in [6.45, 7) is 2.55. The van der Waals surface area contributed by atoms with Crippen molar-refractivity contribution in [3.05, 3.63) is 65.2 Å². The van der Waals surface area contributed by atoms with Crippen LogP contribution in [0, 0.1) is 0 Å². The number of hydrogen-bond donors (Lipinski definition) is 1. The van der Waals surface area contributed by atoms with Crippen LogP contribution < -0.4 is 10.2 Å². The number of benzene rings is 2. The van der Waals surface area contributed by atoms with Gasteiger partial charge in [0.05, 0.1) is 6.67 Å². The Balaban J connectivity index is 1.35. The first-order valence-corrected chi connectivity index (χ1v) is 11.7. The highest BCUT2D eigenvalue weighted by Gasteiger charge is 2.51. The standard InChI is InChI=1S/C25H30ClN3O/c26-20-8-6-7-19(17-20)22-11-4-5-12-23(22)28-15-13-25(14-16-28)24(30)27-18-29(25)21-9-2-1-3-10-21/h1-3,6-10,17,22-23H,4-5,11-16,18H2,(H,27,30)/t22-,23-/m0/s1. The van der Waals surface area contributed by atoms with E-state index in [4.69, 9.17) is 11.6 Å². The lowest BCUT2D eigenvalue weighted by Gasteiger charge is -2.48. The van der Waals surface area contributed by atoms with Gasteiger partial charge in [-0.1, -0.05) is 54.8 Å². The zero-order chi connectivity index (χ0) is 20.6. The second kappa shape index (κ2) is 8.24. The number of para-hydroxylation sites is 1. The Morgan fingerprint density at radius 3 is 2.50 bits per heavy atom. The van der Waals surface area contributed by atoms with Gasteiger partial charge in [-0.25, -0.2) is 0 Å². The maximum atomic E-state index is 13.0. The third kappa shape index (κ3) is 3.50. The largest absolute Gasteiger partial charge is 0.339 e. The maximum Gasteiger partial charge on any atom is 0.247 e. The molecule has 158 valence electrons. The minimum Gasteiger partial charge on any atom is -0.339 e. The number of amides is 1. The summed E-state index contributed by atoms with van der Waals surface area (Å²) in [4.78, 5) is 17.9. The molecule has 30 heavy (non-hydrogen) atoms. The van der Waals surface area contributed by atoms with E-state index in [0.29, 0.717) is 18.6 Å². The molecule has 2 aromatic rings. The van der Waals surface area contributed by atoms with Crippen LogP contribution in [-0.2, 0) is 4.79 Å². The number of anilines is 1. The minimum atomic E-state index is -0.405. The normalized spacial score (nSPS) is 26.7. The third-order valence-electron chi connectivity index (χ3n) is 7.51. The summed E-state index contributed by atoms with van der Waals surface area (Å²) in [7, 11) is 0. The molecule has 2 atom stereocenters. The lowest BCUT2D eigenvalue weighted by molar-refractivity contribution is -0.125. The fourth-order valence-corrected chi connectivity index (χ4v) is 6.13. The van der Waals surface area contributed by atoms with Crippen molar-refractivity contribution in [2.24, 2.45) is 0 Å². The summed E-state index contributed by atoms with van der Waals surface area (Å²) in [5.41, 5.74) is 2.11. The van der Waals surface area contributed by atoms with E-state index in [2.05, 4.69) is 57.6 Å². The Morgan fingerprint density at radius 2 is 1.73 bits per heavy atom. The second-order valence-corrected chi connectivity index (χ2v) is 9.44. The van der Waals surface area contributed by atoms with Crippen molar-refractivity contribution in [2.45, 2.75) is 56.0 Å². The molecule has 4 nitrogen and oxygen atoms in total. The van der Waals surface area contributed by atoms with Gasteiger partial charge in [0.15, 0.2) is 0 Å². The van der Waals surface area contributed by atoms with Crippen molar-refractivity contribution in [3.63, 3.8) is 0 Å². The molecule has 1 aliphatic carbocycles. The minimum absolute atomic E-state index is 0.195. The first-order valence-electron chi connectivity index (χ1n) is 11.3. The molecule has 5 rings (SSSR count). The summed E-state index contributed by atoms with van der Waals surface area (Å²) in [5.74, 6) is 0.732. The molecular weight excluding hydrogens is 394 g/mol. The fourth-order valence-electron chi connectivity index (χ4n) is 5.93. The van der Waals surface area contributed by atoms with Gasteiger partial charge in [0, 0.05) is 29.8 Å². The van der Waals surface area contributed by atoms with Crippen molar-refractivity contribution >= 4 is 23.2 Å². The van der Waals surface area contributed by atoms with E-state index in [9.17, 15) is 4.79 Å². The number of rotatable bonds is 3. The van der Waals surface area contributed by atoms with E-state index in [1.54, 1.807) is 0 Å². The second-order valence-electron chi connectivity index (χ2n) is 9.01. The molecule has 2 aromatic carbocycles. The molecule has 2 saturated heterocycles. The highest BCUT2D eigenvalue weighted by Crippen LogP contribution is 2.41. The fraction of sp³-hybridized carbons (Fsp3) is 0.480. The first kappa shape index (κ1) is 19.9. The average molecular weight is 424 g/mol. The molecule has 0 bridgehead atoms. The Hall–Kier alpha value is -2.04. The van der Waals surface area contributed by atoms with Crippen LogP contribution in [0.3, 0.4) is 0 Å². The molecule has 0 radical (unpaired) electrons. The Morgan fingerprint density at radius 1 is 0.967 bits per heavy atom. The number of carbonyl (C=O) groups is 1. The third-order valence-corrected chi connectivity index (χ3v) is 7.74. The first-order chi connectivity index (χ1) is 14.7. The molecule has 5 heteroatoms. The van der Waals surface area contributed by atoms with E-state index in [1.807, 2.05) is 12.1 Å². The average Bonchev–Trinajstić information content (AvgIpc) is 3.10. The van der Waals surface area contributed by atoms with Gasteiger partial charge in [0.2, 0.25) is 5.91 Å². The van der Waals surface area contributed by atoms with Gasteiger partial charge in [0.25, 0.3) is 0 Å². The number of hydrogen-bond acceptors (Lipinski definition) is 3. The molecule has 3 aliphatic rings. The molecule has 0 aromatic heterocycles. The molecule has 3 fully saturated rings. The molecule has 1 saturated carbocycles. The van der Waals surface area contributed by atoms with Gasteiger partial charge in [-0.3, -0.25) is 9.69 Å². The zero-order valence-corrected chi connectivity index (χ0v) is 18.2. The van der Waals surface area contributed by atoms with Crippen LogP contribution in [0.2, 0.25) is 5.02 Å². The van der Waals surface area contributed by atoms with Gasteiger partial charge in [-0.15, -0.1) is 0 Å². The predicted molar refractivity (Wildman–Crippen MR) is 122 cm³/mol. The molecule has 0 unspecified atom stereocenters. The van der Waals surface area contributed by atoms with Crippen LogP contribution in [0.15, 0.2) is 54.6 Å². The van der Waals surface area contributed by atoms with Crippen LogP contribution >= 0.6 is 11.6 Å². The van der Waals surface area contributed by atoms with Crippen LogP contribution in [-0.4, -0.2) is 42.1 Å². The van der Waals surface area contributed by atoms with Gasteiger partial charge < -0.3 is 10.2 Å². The van der Waals surface area contributed by atoms with E-state index >= 15 is 0 Å². The summed E-state index contributed by atoms with van der Waals surface area (Å²) in [5, 5.41) is 3.95. The number of nitrogens with one attached hydrogen (secondary N) is 1. The van der Waals surface area contributed by atoms with Crippen molar-refractivity contribution in [3.8, 4) is 0 Å². The highest BCUT2D eigenvalue weighted by molar-refractivity contribution is 6.30. The number of likely N-dealkylation sites (tertiary alicyclic amines) is 1. The monoisotopic (exact) mass is 423 g/mol. The number of piperidine rings is 1. The number of nitrogens with zero attached hydrogens (tertiary/aromatic N) is 2. The lowest BCUT2D eigenvalue weighted by atomic mass is 9.77. The van der Waals surface area contributed by atoms with Crippen molar-refractivity contribution < 1.29 is 4.79 Å². The summed E-state index contributed by atoms with van der Waals surface area (Å²) in [6.07, 6.45) is 6.80. The quantitative estimate of drug-likeness (QED) is 0.770. The molecule has 2 heterocycles. The van der Waals surface area contributed by atoms with Gasteiger partial charge in [-0.05, 0) is 61.4 Å². The van der Waals surface area contributed by atoms with Crippen LogP contribution in [0.25, 0.3) is 0 Å². The molecule has 1 N–H and O–H groups in total. The van der Waals surface area contributed by atoms with E-state index in [0.717, 1.165) is 36.6 Å². The summed E-state index contributed by atoms with van der Waals surface area (Å²) < 4.78 is 0. The molecule has 1 spiro atoms. The maximum absolute atomic E-state index is 13.0. The van der Waals surface area contributed by atoms with Gasteiger partial charge in [-0.2, -0.15) is 0 Å². The Labute approximate surface area is 184 Å². The van der Waals surface area contributed by atoms with E-state index in [1.165, 1.54) is 31.2 Å². The Bertz CT molecular complexity index is 894. The molecule has 1 amide bonds. The van der Waals surface area contributed by atoms with E-state index < -0.39 is 5.54 Å². The lowest BCUT2D eigenvalue weighted by Crippen LogP contribution is -2.58. The number of carbonyl (C=O) groups excluding carboxylic acids is 1. The van der Waals surface area contributed by atoms with Crippen LogP contribution in [0.1, 0.15) is 50.0 Å². The van der Waals surface area contributed by atoms with Gasteiger partial charge in [0.1, 0.15) is 5.54 Å². The molecular formula is C25H30ClN3O. The Kier molecular flexibility index (Phi) is 5.46. The van der Waals surface area contributed by atoms with Crippen LogP contribution in [0.4, 0.5) is 5.69 Å². The zero-order valence-electron chi connectivity index (χ0n) is 17.4. The summed E-state index contributed by atoms with van der Waals surface area (Å²) in [6, 6.07) is 19.3. The smallest absolute Gasteiger partial charge is 0.247 e.